The molecule has 6 nitrogen and oxygen atoms in total. The Morgan fingerprint density at radius 1 is 1.33 bits per heavy atom. The van der Waals surface area contributed by atoms with E-state index in [0.29, 0.717) is 24.3 Å². The molecule has 6 heteroatoms. The second-order valence-electron chi connectivity index (χ2n) is 7.04. The number of benzene rings is 1. The van der Waals surface area contributed by atoms with Gasteiger partial charge in [-0.05, 0) is 36.6 Å². The van der Waals surface area contributed by atoms with Crippen molar-refractivity contribution in [3.63, 3.8) is 0 Å². The van der Waals surface area contributed by atoms with E-state index in [9.17, 15) is 9.90 Å². The first-order chi connectivity index (χ1) is 12.9. The van der Waals surface area contributed by atoms with E-state index in [2.05, 4.69) is 6.58 Å². The van der Waals surface area contributed by atoms with Crippen molar-refractivity contribution in [2.24, 2.45) is 11.3 Å². The van der Waals surface area contributed by atoms with Gasteiger partial charge in [-0.1, -0.05) is 25.1 Å². The second kappa shape index (κ2) is 7.46. The molecule has 1 aromatic rings. The SMILES string of the molecule is C=CC[C@]12CC=CC(=O)[C@@]1(O)O[C@@H](OCc1ccc(OC)c(OC)c1)[C@H]2C. The molecule has 4 atom stereocenters. The first-order valence-corrected chi connectivity index (χ1v) is 8.96. The van der Waals surface area contributed by atoms with Crippen LogP contribution in [0.25, 0.3) is 0 Å². The highest BCUT2D eigenvalue weighted by atomic mass is 16.7. The van der Waals surface area contributed by atoms with Crippen molar-refractivity contribution >= 4 is 5.78 Å². The van der Waals surface area contributed by atoms with E-state index in [1.807, 2.05) is 19.1 Å². The molecule has 27 heavy (non-hydrogen) atoms. The molecule has 1 N–H and O–H groups in total. The van der Waals surface area contributed by atoms with Crippen LogP contribution in [0.1, 0.15) is 25.3 Å². The van der Waals surface area contributed by atoms with Gasteiger partial charge in [-0.2, -0.15) is 0 Å². The fraction of sp³-hybridized carbons (Fsp3) is 0.476. The number of aliphatic hydroxyl groups is 1. The van der Waals surface area contributed by atoms with Gasteiger partial charge in [0.05, 0.1) is 20.8 Å². The Kier molecular flexibility index (Phi) is 5.42. The molecule has 3 rings (SSSR count). The summed E-state index contributed by atoms with van der Waals surface area (Å²) in [4.78, 5) is 12.4. The largest absolute Gasteiger partial charge is 0.493 e. The topological polar surface area (TPSA) is 74.2 Å². The van der Waals surface area contributed by atoms with Gasteiger partial charge in [0.2, 0.25) is 11.6 Å². The molecule has 0 unspecified atom stereocenters. The lowest BCUT2D eigenvalue weighted by molar-refractivity contribution is -0.262. The normalized spacial score (nSPS) is 32.2. The third-order valence-corrected chi connectivity index (χ3v) is 5.70. The van der Waals surface area contributed by atoms with Gasteiger partial charge >= 0.3 is 0 Å². The van der Waals surface area contributed by atoms with Gasteiger partial charge in [-0.25, -0.2) is 0 Å². The fourth-order valence-corrected chi connectivity index (χ4v) is 4.07. The molecule has 1 saturated heterocycles. The van der Waals surface area contributed by atoms with Crippen molar-refractivity contribution in [3.8, 4) is 11.5 Å². The molecule has 1 heterocycles. The predicted octanol–water partition coefficient (Wildman–Crippen LogP) is 2.99. The Morgan fingerprint density at radius 2 is 2.07 bits per heavy atom. The molecule has 1 aliphatic carbocycles. The first kappa shape index (κ1) is 19.6. The number of fused-ring (bicyclic) bond motifs is 1. The Labute approximate surface area is 159 Å². The highest BCUT2D eigenvalue weighted by molar-refractivity contribution is 5.97. The molecule has 0 spiro atoms. The molecule has 0 aromatic heterocycles. The minimum absolute atomic E-state index is 0.199. The van der Waals surface area contributed by atoms with Crippen LogP contribution in [0.2, 0.25) is 0 Å². The Bertz CT molecular complexity index is 757. The number of carbonyl (C=O) groups excluding carboxylic acids is 1. The monoisotopic (exact) mass is 374 g/mol. The van der Waals surface area contributed by atoms with Crippen LogP contribution >= 0.6 is 0 Å². The molecule has 1 aromatic carbocycles. The molecule has 1 fully saturated rings. The lowest BCUT2D eigenvalue weighted by atomic mass is 9.64. The van der Waals surface area contributed by atoms with Crippen LogP contribution in [0.3, 0.4) is 0 Å². The maximum atomic E-state index is 12.4. The van der Waals surface area contributed by atoms with Gasteiger partial charge in [0.1, 0.15) is 0 Å². The zero-order valence-corrected chi connectivity index (χ0v) is 15.9. The highest BCUT2D eigenvalue weighted by Gasteiger charge is 2.67. The molecule has 2 aliphatic rings. The van der Waals surface area contributed by atoms with Gasteiger partial charge in [0.25, 0.3) is 0 Å². The van der Waals surface area contributed by atoms with Crippen LogP contribution in [-0.2, 0) is 20.9 Å². The summed E-state index contributed by atoms with van der Waals surface area (Å²) in [6, 6.07) is 5.50. The maximum absolute atomic E-state index is 12.4. The fourth-order valence-electron chi connectivity index (χ4n) is 4.07. The summed E-state index contributed by atoms with van der Waals surface area (Å²) in [7, 11) is 3.15. The molecule has 0 amide bonds. The number of methoxy groups -OCH3 is 2. The zero-order valence-electron chi connectivity index (χ0n) is 15.9. The van der Waals surface area contributed by atoms with Crippen LogP contribution in [0.15, 0.2) is 43.0 Å². The van der Waals surface area contributed by atoms with Crippen LogP contribution in [0.5, 0.6) is 11.5 Å². The third-order valence-electron chi connectivity index (χ3n) is 5.70. The van der Waals surface area contributed by atoms with E-state index in [1.54, 1.807) is 32.4 Å². The Balaban J connectivity index is 1.79. The van der Waals surface area contributed by atoms with Gasteiger partial charge in [-0.15, -0.1) is 6.58 Å². The summed E-state index contributed by atoms with van der Waals surface area (Å²) in [5.74, 6) is -1.30. The number of ether oxygens (including phenoxy) is 4. The average molecular weight is 374 g/mol. The standard InChI is InChI=1S/C21H26O6/c1-5-10-20-11-6-7-18(22)21(20,23)27-19(14(20)2)26-13-15-8-9-16(24-3)17(12-15)25-4/h5-9,12,14,19,23H,1,10-11,13H2,2-4H3/t14-,19-,20-,21-/m1/s1. The van der Waals surface area contributed by atoms with E-state index >= 15 is 0 Å². The van der Waals surface area contributed by atoms with E-state index < -0.39 is 23.3 Å². The smallest absolute Gasteiger partial charge is 0.239 e. The summed E-state index contributed by atoms with van der Waals surface area (Å²) in [5.41, 5.74) is 0.0931. The molecular weight excluding hydrogens is 348 g/mol. The lowest BCUT2D eigenvalue weighted by Gasteiger charge is -2.42. The summed E-state index contributed by atoms with van der Waals surface area (Å²) >= 11 is 0. The van der Waals surface area contributed by atoms with Crippen LogP contribution in [0, 0.1) is 11.3 Å². The van der Waals surface area contributed by atoms with E-state index in [1.165, 1.54) is 6.08 Å². The van der Waals surface area contributed by atoms with Crippen LogP contribution in [-0.4, -0.2) is 37.2 Å². The number of hydrogen-bond donors (Lipinski definition) is 1. The van der Waals surface area contributed by atoms with Crippen molar-refractivity contribution in [2.75, 3.05) is 14.2 Å². The summed E-state index contributed by atoms with van der Waals surface area (Å²) in [6.45, 7) is 5.97. The molecule has 0 bridgehead atoms. The maximum Gasteiger partial charge on any atom is 0.239 e. The van der Waals surface area contributed by atoms with E-state index in [0.717, 1.165) is 5.56 Å². The van der Waals surface area contributed by atoms with E-state index in [-0.39, 0.29) is 12.5 Å². The summed E-state index contributed by atoms with van der Waals surface area (Å²) in [5, 5.41) is 11.1. The van der Waals surface area contributed by atoms with Crippen molar-refractivity contribution in [1.82, 2.24) is 0 Å². The van der Waals surface area contributed by atoms with Crippen molar-refractivity contribution in [3.05, 3.63) is 48.6 Å². The Morgan fingerprint density at radius 3 is 2.74 bits per heavy atom. The quantitative estimate of drug-likeness (QED) is 0.740. The van der Waals surface area contributed by atoms with Crippen molar-refractivity contribution in [1.29, 1.82) is 0 Å². The Hall–Kier alpha value is -2.15. The zero-order chi connectivity index (χ0) is 19.7. The van der Waals surface area contributed by atoms with Gasteiger partial charge in [-0.3, -0.25) is 4.79 Å². The van der Waals surface area contributed by atoms with Gasteiger partial charge in [0, 0.05) is 11.3 Å². The number of allylic oxidation sites excluding steroid dienone is 2. The molecule has 146 valence electrons. The molecular formula is C21H26O6. The average Bonchev–Trinajstić information content (AvgIpc) is 2.89. The van der Waals surface area contributed by atoms with Crippen LogP contribution in [0.4, 0.5) is 0 Å². The van der Waals surface area contributed by atoms with Crippen molar-refractivity contribution < 1.29 is 28.8 Å². The third kappa shape index (κ3) is 3.08. The number of rotatable bonds is 7. The number of ketones is 1. The lowest BCUT2D eigenvalue weighted by Crippen LogP contribution is -2.54. The minimum atomic E-state index is -1.89. The molecule has 0 radical (unpaired) electrons. The minimum Gasteiger partial charge on any atom is -0.493 e. The molecule has 1 aliphatic heterocycles. The highest BCUT2D eigenvalue weighted by Crippen LogP contribution is 2.56. The summed E-state index contributed by atoms with van der Waals surface area (Å²) < 4.78 is 22.3. The van der Waals surface area contributed by atoms with Gasteiger partial charge in [0.15, 0.2) is 17.8 Å². The summed E-state index contributed by atoms with van der Waals surface area (Å²) in [6.07, 6.45) is 5.15. The van der Waals surface area contributed by atoms with Crippen LogP contribution < -0.4 is 9.47 Å². The number of carbonyl (C=O) groups is 1. The van der Waals surface area contributed by atoms with E-state index in [4.69, 9.17) is 18.9 Å². The first-order valence-electron chi connectivity index (χ1n) is 8.96. The predicted molar refractivity (Wildman–Crippen MR) is 99.3 cm³/mol. The van der Waals surface area contributed by atoms with Crippen molar-refractivity contribution in [2.45, 2.75) is 38.4 Å². The molecule has 0 saturated carbocycles. The number of hydrogen-bond acceptors (Lipinski definition) is 6. The second-order valence-corrected chi connectivity index (χ2v) is 7.04. The van der Waals surface area contributed by atoms with Gasteiger partial charge < -0.3 is 24.1 Å².